The molecule has 0 unspecified atom stereocenters. The maximum absolute atomic E-state index is 5.89. The van der Waals surface area contributed by atoms with Crippen molar-refractivity contribution in [1.82, 2.24) is 9.97 Å². The fourth-order valence-corrected chi connectivity index (χ4v) is 3.98. The first-order valence-corrected chi connectivity index (χ1v) is 9.34. The summed E-state index contributed by atoms with van der Waals surface area (Å²) >= 11 is 3.00. The zero-order valence-corrected chi connectivity index (χ0v) is 15.4. The molecule has 0 aliphatic carbocycles. The van der Waals surface area contributed by atoms with Crippen LogP contribution in [-0.4, -0.2) is 9.97 Å². The standard InChI is InChI=1S/C18H15N5S2/c1-10-3-5-12(6-4-10)16-17(25-18(19)21-16)23-22-13-7-8-15-14(9-13)20-11(2)24-15/h3-9H,1-2H3,(H2,19,21). The molecule has 0 amide bonds. The summed E-state index contributed by atoms with van der Waals surface area (Å²) in [7, 11) is 0. The number of fused-ring (bicyclic) bond motifs is 1. The van der Waals surface area contributed by atoms with Crippen molar-refractivity contribution in [3.63, 3.8) is 0 Å². The molecule has 2 aromatic heterocycles. The summed E-state index contributed by atoms with van der Waals surface area (Å²) in [6, 6.07) is 14.0. The van der Waals surface area contributed by atoms with E-state index in [4.69, 9.17) is 5.73 Å². The number of benzene rings is 2. The lowest BCUT2D eigenvalue weighted by atomic mass is 10.1. The van der Waals surface area contributed by atoms with Crippen LogP contribution in [0.15, 0.2) is 52.7 Å². The minimum Gasteiger partial charge on any atom is -0.375 e. The largest absolute Gasteiger partial charge is 0.375 e. The van der Waals surface area contributed by atoms with Gasteiger partial charge in [0.15, 0.2) is 10.1 Å². The minimum absolute atomic E-state index is 0.482. The van der Waals surface area contributed by atoms with Crippen molar-refractivity contribution in [2.75, 3.05) is 5.73 Å². The molecule has 2 aromatic carbocycles. The lowest BCUT2D eigenvalue weighted by Gasteiger charge is -1.99. The van der Waals surface area contributed by atoms with Crippen LogP contribution in [0.3, 0.4) is 0 Å². The van der Waals surface area contributed by atoms with Crippen LogP contribution in [-0.2, 0) is 0 Å². The molecular weight excluding hydrogens is 350 g/mol. The summed E-state index contributed by atoms with van der Waals surface area (Å²) in [5.41, 5.74) is 10.5. The van der Waals surface area contributed by atoms with E-state index < -0.39 is 0 Å². The van der Waals surface area contributed by atoms with Crippen LogP contribution in [0.5, 0.6) is 0 Å². The lowest BCUT2D eigenvalue weighted by Crippen LogP contribution is -1.83. The van der Waals surface area contributed by atoms with Gasteiger partial charge in [-0.1, -0.05) is 41.2 Å². The Bertz CT molecular complexity index is 1080. The number of thiazole rings is 2. The van der Waals surface area contributed by atoms with Crippen molar-refractivity contribution < 1.29 is 0 Å². The van der Waals surface area contributed by atoms with Crippen LogP contribution in [0.4, 0.5) is 15.8 Å². The topological polar surface area (TPSA) is 76.5 Å². The summed E-state index contributed by atoms with van der Waals surface area (Å²) in [4.78, 5) is 8.90. The molecule has 0 spiro atoms. The van der Waals surface area contributed by atoms with E-state index in [1.54, 1.807) is 11.3 Å². The number of nitrogens with zero attached hydrogens (tertiary/aromatic N) is 4. The van der Waals surface area contributed by atoms with E-state index in [9.17, 15) is 0 Å². The van der Waals surface area contributed by atoms with Gasteiger partial charge in [0, 0.05) is 5.56 Å². The van der Waals surface area contributed by atoms with Crippen molar-refractivity contribution >= 4 is 48.7 Å². The first-order chi connectivity index (χ1) is 12.1. The van der Waals surface area contributed by atoms with E-state index in [0.29, 0.717) is 10.1 Å². The third kappa shape index (κ3) is 3.29. The van der Waals surface area contributed by atoms with Gasteiger partial charge in [-0.25, -0.2) is 9.97 Å². The van der Waals surface area contributed by atoms with Crippen molar-refractivity contribution in [2.24, 2.45) is 10.2 Å². The highest BCUT2D eigenvalue weighted by atomic mass is 32.1. The van der Waals surface area contributed by atoms with Gasteiger partial charge in [-0.3, -0.25) is 0 Å². The Balaban J connectivity index is 1.69. The number of aryl methyl sites for hydroxylation is 2. The van der Waals surface area contributed by atoms with Crippen molar-refractivity contribution in [2.45, 2.75) is 13.8 Å². The molecule has 0 bridgehead atoms. The monoisotopic (exact) mass is 365 g/mol. The Morgan fingerprint density at radius 2 is 1.72 bits per heavy atom. The molecule has 0 atom stereocenters. The average Bonchev–Trinajstić information content (AvgIpc) is 3.14. The fraction of sp³-hybridized carbons (Fsp3) is 0.111. The quantitative estimate of drug-likeness (QED) is 0.450. The number of nitrogens with two attached hydrogens (primary N) is 1. The Kier molecular flexibility index (Phi) is 4.03. The summed E-state index contributed by atoms with van der Waals surface area (Å²) in [6.45, 7) is 4.05. The normalized spacial score (nSPS) is 11.6. The van der Waals surface area contributed by atoms with Gasteiger partial charge in [-0.05, 0) is 32.0 Å². The molecule has 0 aliphatic rings. The Morgan fingerprint density at radius 1 is 0.920 bits per heavy atom. The van der Waals surface area contributed by atoms with Gasteiger partial charge in [0.2, 0.25) is 0 Å². The SMILES string of the molecule is Cc1ccc(-c2nc(N)sc2N=Nc2ccc3sc(C)nc3c2)cc1. The molecule has 2 N–H and O–H groups in total. The highest BCUT2D eigenvalue weighted by Crippen LogP contribution is 2.38. The van der Waals surface area contributed by atoms with Gasteiger partial charge in [0.1, 0.15) is 5.69 Å². The zero-order chi connectivity index (χ0) is 17.4. The third-order valence-electron chi connectivity index (χ3n) is 3.69. The second-order valence-electron chi connectivity index (χ2n) is 5.66. The molecule has 25 heavy (non-hydrogen) atoms. The number of hydrogen-bond acceptors (Lipinski definition) is 7. The van der Waals surface area contributed by atoms with Crippen molar-refractivity contribution in [1.29, 1.82) is 0 Å². The highest BCUT2D eigenvalue weighted by molar-refractivity contribution is 7.19. The number of aromatic nitrogens is 2. The second kappa shape index (κ2) is 6.34. The molecule has 2 heterocycles. The average molecular weight is 365 g/mol. The van der Waals surface area contributed by atoms with E-state index in [1.807, 2.05) is 49.4 Å². The smallest absolute Gasteiger partial charge is 0.182 e. The van der Waals surface area contributed by atoms with E-state index >= 15 is 0 Å². The van der Waals surface area contributed by atoms with Gasteiger partial charge in [0.05, 0.1) is 20.9 Å². The van der Waals surface area contributed by atoms with E-state index in [0.717, 1.165) is 32.2 Å². The third-order valence-corrected chi connectivity index (χ3v) is 5.41. The van der Waals surface area contributed by atoms with E-state index in [-0.39, 0.29) is 0 Å². The minimum atomic E-state index is 0.482. The predicted molar refractivity (Wildman–Crippen MR) is 105 cm³/mol. The second-order valence-corrected chi connectivity index (χ2v) is 7.90. The van der Waals surface area contributed by atoms with Crippen LogP contribution in [0.1, 0.15) is 10.6 Å². The molecule has 4 aromatic rings. The molecule has 0 saturated carbocycles. The first kappa shape index (κ1) is 15.9. The number of anilines is 1. The predicted octanol–water partition coefficient (Wildman–Crippen LogP) is 6.03. The van der Waals surface area contributed by atoms with Crippen LogP contribution in [0.2, 0.25) is 0 Å². The Hall–Kier alpha value is -2.64. The van der Waals surface area contributed by atoms with Crippen LogP contribution < -0.4 is 5.73 Å². The molecule has 4 rings (SSSR count). The van der Waals surface area contributed by atoms with Crippen molar-refractivity contribution in [3.8, 4) is 11.3 Å². The summed E-state index contributed by atoms with van der Waals surface area (Å²) in [6.07, 6.45) is 0. The number of nitrogen functional groups attached to an aromatic ring is 1. The van der Waals surface area contributed by atoms with Gasteiger partial charge in [-0.2, -0.15) is 0 Å². The molecule has 0 radical (unpaired) electrons. The van der Waals surface area contributed by atoms with Crippen LogP contribution in [0.25, 0.3) is 21.5 Å². The maximum atomic E-state index is 5.89. The molecule has 0 saturated heterocycles. The van der Waals surface area contributed by atoms with Crippen LogP contribution >= 0.6 is 22.7 Å². The number of azo groups is 1. The fourth-order valence-electron chi connectivity index (χ4n) is 2.49. The zero-order valence-electron chi connectivity index (χ0n) is 13.7. The first-order valence-electron chi connectivity index (χ1n) is 7.71. The molecule has 5 nitrogen and oxygen atoms in total. The van der Waals surface area contributed by atoms with Gasteiger partial charge >= 0.3 is 0 Å². The summed E-state index contributed by atoms with van der Waals surface area (Å²) in [5.74, 6) is 0. The lowest BCUT2D eigenvalue weighted by molar-refractivity contribution is 1.24. The number of hydrogen-bond donors (Lipinski definition) is 1. The molecule has 0 fully saturated rings. The maximum Gasteiger partial charge on any atom is 0.182 e. The molecule has 124 valence electrons. The van der Waals surface area contributed by atoms with E-state index in [1.165, 1.54) is 16.9 Å². The summed E-state index contributed by atoms with van der Waals surface area (Å²) < 4.78 is 1.15. The van der Waals surface area contributed by atoms with E-state index in [2.05, 4.69) is 27.1 Å². The number of rotatable bonds is 3. The Morgan fingerprint density at radius 3 is 2.52 bits per heavy atom. The van der Waals surface area contributed by atoms with Crippen LogP contribution in [0, 0.1) is 13.8 Å². The van der Waals surface area contributed by atoms with Crippen molar-refractivity contribution in [3.05, 3.63) is 53.0 Å². The summed E-state index contributed by atoms with van der Waals surface area (Å²) in [5, 5.41) is 11.0. The molecule has 0 aliphatic heterocycles. The molecular formula is C18H15N5S2. The van der Waals surface area contributed by atoms with Gasteiger partial charge in [0.25, 0.3) is 0 Å². The van der Waals surface area contributed by atoms with Gasteiger partial charge < -0.3 is 5.73 Å². The Labute approximate surface area is 152 Å². The highest BCUT2D eigenvalue weighted by Gasteiger charge is 2.11. The molecule has 7 heteroatoms. The van der Waals surface area contributed by atoms with Gasteiger partial charge in [-0.15, -0.1) is 21.6 Å².